The number of amides is 1. The second kappa shape index (κ2) is 6.57. The van der Waals surface area contributed by atoms with E-state index in [2.05, 4.69) is 5.32 Å². The van der Waals surface area contributed by atoms with Crippen LogP contribution in [0.5, 0.6) is 0 Å². The Morgan fingerprint density at radius 2 is 1.85 bits per heavy atom. The molecule has 0 atom stereocenters. The molecule has 0 bridgehead atoms. The fraction of sp³-hybridized carbons (Fsp3) is 0.167. The molecule has 0 spiro atoms. The number of carbonyl (C=O) groups is 1. The van der Waals surface area contributed by atoms with Gasteiger partial charge in [0.1, 0.15) is 4.88 Å². The van der Waals surface area contributed by atoms with Crippen LogP contribution < -0.4 is 9.62 Å². The molecule has 2 aromatic carbocycles. The molecule has 1 aromatic heterocycles. The lowest BCUT2D eigenvalue weighted by Gasteiger charge is -2.17. The van der Waals surface area contributed by atoms with E-state index >= 15 is 0 Å². The molecule has 3 aromatic rings. The predicted molar refractivity (Wildman–Crippen MR) is 107 cm³/mol. The third kappa shape index (κ3) is 3.06. The van der Waals surface area contributed by atoms with E-state index in [0.29, 0.717) is 34.2 Å². The van der Waals surface area contributed by atoms with Crippen LogP contribution in [0.25, 0.3) is 10.1 Å². The first kappa shape index (κ1) is 17.3. The van der Waals surface area contributed by atoms with Gasteiger partial charge in [0.25, 0.3) is 5.91 Å². The molecule has 4 rings (SSSR count). The summed E-state index contributed by atoms with van der Waals surface area (Å²) in [6, 6.07) is 14.4. The van der Waals surface area contributed by atoms with Crippen molar-refractivity contribution in [3.05, 3.63) is 58.4 Å². The summed E-state index contributed by atoms with van der Waals surface area (Å²) in [6.45, 7) is 0.491. The van der Waals surface area contributed by atoms with Gasteiger partial charge >= 0.3 is 0 Å². The topological polar surface area (TPSA) is 66.5 Å². The number of rotatable bonds is 3. The molecule has 2 heterocycles. The number of sulfonamides is 1. The van der Waals surface area contributed by atoms with Crippen LogP contribution in [0.15, 0.2) is 48.5 Å². The number of nitrogens with one attached hydrogen (secondary N) is 1. The van der Waals surface area contributed by atoms with E-state index in [-0.39, 0.29) is 11.7 Å². The Labute approximate surface area is 160 Å². The first-order valence-corrected chi connectivity index (χ1v) is 10.8. The molecule has 26 heavy (non-hydrogen) atoms. The molecule has 5 nitrogen and oxygen atoms in total. The summed E-state index contributed by atoms with van der Waals surface area (Å²) in [4.78, 5) is 13.0. The zero-order valence-electron chi connectivity index (χ0n) is 13.6. The van der Waals surface area contributed by atoms with Crippen LogP contribution in [0.1, 0.15) is 16.1 Å². The number of hydrogen-bond acceptors (Lipinski definition) is 4. The van der Waals surface area contributed by atoms with E-state index in [1.165, 1.54) is 15.6 Å². The molecular formula is C18H15ClN2O3S2. The van der Waals surface area contributed by atoms with Crippen LogP contribution in [0, 0.1) is 0 Å². The number of hydrogen-bond donors (Lipinski definition) is 1. The van der Waals surface area contributed by atoms with E-state index in [1.54, 1.807) is 24.3 Å². The van der Waals surface area contributed by atoms with Crippen LogP contribution >= 0.6 is 22.9 Å². The maximum Gasteiger partial charge on any atom is 0.267 e. The summed E-state index contributed by atoms with van der Waals surface area (Å²) >= 11 is 7.68. The van der Waals surface area contributed by atoms with Gasteiger partial charge in [0.2, 0.25) is 10.0 Å². The summed E-state index contributed by atoms with van der Waals surface area (Å²) in [5, 5.41) is 4.12. The van der Waals surface area contributed by atoms with Crippen molar-refractivity contribution < 1.29 is 13.2 Å². The van der Waals surface area contributed by atoms with Gasteiger partial charge < -0.3 is 5.32 Å². The molecule has 0 aliphatic carbocycles. The molecule has 134 valence electrons. The number of fused-ring (bicyclic) bond motifs is 1. The third-order valence-corrected chi connectivity index (χ3v) is 7.80. The van der Waals surface area contributed by atoms with Crippen LogP contribution in [-0.4, -0.2) is 26.6 Å². The average Bonchev–Trinajstić information content (AvgIpc) is 3.15. The highest BCUT2D eigenvalue weighted by atomic mass is 35.5. The Kier molecular flexibility index (Phi) is 4.38. The Morgan fingerprint density at radius 1 is 1.12 bits per heavy atom. The quantitative estimate of drug-likeness (QED) is 0.703. The molecule has 1 N–H and O–H groups in total. The molecule has 0 saturated carbocycles. The van der Waals surface area contributed by atoms with Gasteiger partial charge in [-0.15, -0.1) is 11.3 Å². The Bertz CT molecular complexity index is 1090. The second-order valence-corrected chi connectivity index (χ2v) is 9.43. The van der Waals surface area contributed by atoms with Crippen molar-refractivity contribution in [3.8, 4) is 0 Å². The predicted octanol–water partition coefficient (Wildman–Crippen LogP) is 4.35. The lowest BCUT2D eigenvalue weighted by atomic mass is 10.2. The van der Waals surface area contributed by atoms with Gasteiger partial charge in [-0.25, -0.2) is 8.42 Å². The maximum atomic E-state index is 12.6. The molecule has 8 heteroatoms. The van der Waals surface area contributed by atoms with Gasteiger partial charge in [-0.2, -0.15) is 0 Å². The fourth-order valence-electron chi connectivity index (χ4n) is 2.99. The van der Waals surface area contributed by atoms with Crippen molar-refractivity contribution in [2.75, 3.05) is 21.9 Å². The van der Waals surface area contributed by atoms with E-state index in [9.17, 15) is 13.2 Å². The van der Waals surface area contributed by atoms with Crippen LogP contribution in [0.2, 0.25) is 5.02 Å². The standard InChI is InChI=1S/C18H15ClN2O3S2/c19-16-14-4-1-2-5-15(14)25-17(16)18(22)20-12-6-8-13(9-7-12)21-10-3-11-26(21,23)24/h1-2,4-9H,3,10-11H2,(H,20,22). The Hall–Kier alpha value is -2.09. The number of carbonyl (C=O) groups excluding carboxylic acids is 1. The van der Waals surface area contributed by atoms with Gasteiger partial charge in [0.15, 0.2) is 0 Å². The van der Waals surface area contributed by atoms with Crippen molar-refractivity contribution in [1.82, 2.24) is 0 Å². The molecule has 1 fully saturated rings. The van der Waals surface area contributed by atoms with Crippen LogP contribution in [-0.2, 0) is 10.0 Å². The van der Waals surface area contributed by atoms with Gasteiger partial charge in [-0.05, 0) is 36.8 Å². The second-order valence-electron chi connectivity index (χ2n) is 5.98. The molecule has 1 amide bonds. The molecule has 1 aliphatic heterocycles. The number of halogens is 1. The Morgan fingerprint density at radius 3 is 2.50 bits per heavy atom. The minimum absolute atomic E-state index is 0.177. The summed E-state index contributed by atoms with van der Waals surface area (Å²) in [5.74, 6) is -0.103. The van der Waals surface area contributed by atoms with Crippen LogP contribution in [0.4, 0.5) is 11.4 Å². The van der Waals surface area contributed by atoms with Crippen molar-refractivity contribution in [2.24, 2.45) is 0 Å². The van der Waals surface area contributed by atoms with Crippen LogP contribution in [0.3, 0.4) is 0 Å². The molecule has 1 aliphatic rings. The highest BCUT2D eigenvalue weighted by Crippen LogP contribution is 2.35. The highest BCUT2D eigenvalue weighted by molar-refractivity contribution is 7.93. The minimum atomic E-state index is -3.21. The van der Waals surface area contributed by atoms with Crippen molar-refractivity contribution in [2.45, 2.75) is 6.42 Å². The number of anilines is 2. The lowest BCUT2D eigenvalue weighted by Crippen LogP contribution is -2.24. The largest absolute Gasteiger partial charge is 0.321 e. The van der Waals surface area contributed by atoms with Crippen molar-refractivity contribution >= 4 is 60.3 Å². The van der Waals surface area contributed by atoms with Gasteiger partial charge in [0, 0.05) is 22.3 Å². The maximum absolute atomic E-state index is 12.6. The van der Waals surface area contributed by atoms with E-state index in [4.69, 9.17) is 11.6 Å². The first-order valence-electron chi connectivity index (χ1n) is 8.04. The van der Waals surface area contributed by atoms with E-state index in [1.807, 2.05) is 24.3 Å². The van der Waals surface area contributed by atoms with E-state index in [0.717, 1.165) is 10.1 Å². The van der Waals surface area contributed by atoms with Gasteiger partial charge in [-0.1, -0.05) is 29.8 Å². The number of nitrogens with zero attached hydrogens (tertiary/aromatic N) is 1. The molecule has 0 unspecified atom stereocenters. The number of benzene rings is 2. The van der Waals surface area contributed by atoms with Gasteiger partial charge in [-0.3, -0.25) is 9.10 Å². The zero-order valence-corrected chi connectivity index (χ0v) is 16.0. The fourth-order valence-corrected chi connectivity index (χ4v) is 5.97. The summed E-state index contributed by atoms with van der Waals surface area (Å²) < 4.78 is 26.3. The smallest absolute Gasteiger partial charge is 0.267 e. The summed E-state index contributed by atoms with van der Waals surface area (Å²) in [6.07, 6.45) is 0.630. The molecule has 0 radical (unpaired) electrons. The zero-order chi connectivity index (χ0) is 18.3. The lowest BCUT2D eigenvalue weighted by molar-refractivity contribution is 0.103. The normalized spacial score (nSPS) is 16.1. The van der Waals surface area contributed by atoms with Gasteiger partial charge in [0.05, 0.1) is 16.5 Å². The third-order valence-electron chi connectivity index (χ3n) is 4.25. The minimum Gasteiger partial charge on any atom is -0.321 e. The highest BCUT2D eigenvalue weighted by Gasteiger charge is 2.28. The van der Waals surface area contributed by atoms with Crippen molar-refractivity contribution in [3.63, 3.8) is 0 Å². The average molecular weight is 407 g/mol. The monoisotopic (exact) mass is 406 g/mol. The summed E-state index contributed by atoms with van der Waals surface area (Å²) in [7, 11) is -3.21. The number of thiophene rings is 1. The van der Waals surface area contributed by atoms with E-state index < -0.39 is 10.0 Å². The Balaban J connectivity index is 1.55. The van der Waals surface area contributed by atoms with Crippen molar-refractivity contribution in [1.29, 1.82) is 0 Å². The first-order chi connectivity index (χ1) is 12.5. The molecular weight excluding hydrogens is 392 g/mol. The molecule has 1 saturated heterocycles. The summed E-state index contributed by atoms with van der Waals surface area (Å²) in [5.41, 5.74) is 1.20. The SMILES string of the molecule is O=C(Nc1ccc(N2CCCS2(=O)=O)cc1)c1sc2ccccc2c1Cl.